The zero-order valence-electron chi connectivity index (χ0n) is 16.4. The Morgan fingerprint density at radius 1 is 0.633 bits per heavy atom. The third kappa shape index (κ3) is 5.79. The predicted octanol–water partition coefficient (Wildman–Crippen LogP) is 7.32. The highest BCUT2D eigenvalue weighted by Gasteiger charge is 2.00. The highest BCUT2D eigenvalue weighted by Crippen LogP contribution is 2.23. The van der Waals surface area contributed by atoms with Gasteiger partial charge in [-0.3, -0.25) is 0 Å². The van der Waals surface area contributed by atoms with Crippen molar-refractivity contribution in [3.8, 4) is 17.2 Å². The zero-order chi connectivity index (χ0) is 20.6. The predicted molar refractivity (Wildman–Crippen MR) is 123 cm³/mol. The second-order valence-corrected chi connectivity index (χ2v) is 7.29. The van der Waals surface area contributed by atoms with Gasteiger partial charge in [-0.05, 0) is 71.8 Å². The van der Waals surface area contributed by atoms with E-state index in [0.29, 0.717) is 6.61 Å². The van der Waals surface area contributed by atoms with Gasteiger partial charge in [-0.2, -0.15) is 0 Å². The summed E-state index contributed by atoms with van der Waals surface area (Å²) in [4.78, 5) is 0. The Labute approximate surface area is 181 Å². The third-order valence-corrected chi connectivity index (χ3v) is 4.78. The number of nitrogens with one attached hydrogen (secondary N) is 1. The van der Waals surface area contributed by atoms with Crippen LogP contribution < -0.4 is 14.8 Å². The minimum atomic E-state index is 0.496. The highest BCUT2D eigenvalue weighted by molar-refractivity contribution is 6.30. The smallest absolute Gasteiger partial charge is 0.127 e. The molecule has 0 amide bonds. The van der Waals surface area contributed by atoms with E-state index in [2.05, 4.69) is 17.4 Å². The molecule has 0 bridgehead atoms. The molecule has 0 aliphatic rings. The van der Waals surface area contributed by atoms with Crippen molar-refractivity contribution in [3.63, 3.8) is 0 Å². The van der Waals surface area contributed by atoms with Crippen molar-refractivity contribution in [2.24, 2.45) is 0 Å². The van der Waals surface area contributed by atoms with E-state index < -0.39 is 0 Å². The SMILES string of the molecule is Clc1cccc(COc2ccc(CNc3ccc(Oc4ccccc4)cc3)cc2)c1. The van der Waals surface area contributed by atoms with E-state index in [0.717, 1.165) is 40.1 Å². The van der Waals surface area contributed by atoms with Crippen molar-refractivity contribution in [2.75, 3.05) is 5.32 Å². The van der Waals surface area contributed by atoms with E-state index >= 15 is 0 Å². The Morgan fingerprint density at radius 3 is 2.07 bits per heavy atom. The van der Waals surface area contributed by atoms with Crippen molar-refractivity contribution in [1.82, 2.24) is 0 Å². The first kappa shape index (κ1) is 19.9. The van der Waals surface area contributed by atoms with Crippen LogP contribution in [-0.4, -0.2) is 0 Å². The average Bonchev–Trinajstić information content (AvgIpc) is 2.79. The molecular formula is C26H22ClNO2. The molecule has 0 aliphatic heterocycles. The quantitative estimate of drug-likeness (QED) is 0.327. The first-order chi connectivity index (χ1) is 14.7. The summed E-state index contributed by atoms with van der Waals surface area (Å²) in [5.74, 6) is 2.48. The molecule has 30 heavy (non-hydrogen) atoms. The number of hydrogen-bond acceptors (Lipinski definition) is 3. The van der Waals surface area contributed by atoms with E-state index in [1.165, 1.54) is 5.56 Å². The minimum Gasteiger partial charge on any atom is -0.489 e. The van der Waals surface area contributed by atoms with Crippen LogP contribution in [0.15, 0.2) is 103 Å². The monoisotopic (exact) mass is 415 g/mol. The molecule has 3 nitrogen and oxygen atoms in total. The lowest BCUT2D eigenvalue weighted by Crippen LogP contribution is -2.00. The van der Waals surface area contributed by atoms with Gasteiger partial charge in [0.15, 0.2) is 0 Å². The molecule has 0 heterocycles. The van der Waals surface area contributed by atoms with E-state index in [9.17, 15) is 0 Å². The number of rotatable bonds is 8. The molecular weight excluding hydrogens is 394 g/mol. The molecule has 4 heteroatoms. The van der Waals surface area contributed by atoms with Crippen LogP contribution in [0.4, 0.5) is 5.69 Å². The van der Waals surface area contributed by atoms with Crippen molar-refractivity contribution < 1.29 is 9.47 Å². The van der Waals surface area contributed by atoms with Gasteiger partial charge in [0.2, 0.25) is 0 Å². The number of hydrogen-bond donors (Lipinski definition) is 1. The van der Waals surface area contributed by atoms with Gasteiger partial charge in [0, 0.05) is 17.3 Å². The molecule has 0 fully saturated rings. The molecule has 0 radical (unpaired) electrons. The molecule has 0 spiro atoms. The molecule has 0 aromatic heterocycles. The fraction of sp³-hybridized carbons (Fsp3) is 0.0769. The van der Waals surface area contributed by atoms with Gasteiger partial charge in [-0.25, -0.2) is 0 Å². The summed E-state index contributed by atoms with van der Waals surface area (Å²) in [5.41, 5.74) is 3.26. The number of benzene rings is 4. The Kier molecular flexibility index (Phi) is 6.53. The molecule has 4 aromatic carbocycles. The summed E-state index contributed by atoms with van der Waals surface area (Å²) < 4.78 is 11.7. The Bertz CT molecular complexity index is 1060. The topological polar surface area (TPSA) is 30.5 Å². The van der Waals surface area contributed by atoms with Crippen LogP contribution in [0.5, 0.6) is 17.2 Å². The van der Waals surface area contributed by atoms with Crippen molar-refractivity contribution in [2.45, 2.75) is 13.2 Å². The van der Waals surface area contributed by atoms with Gasteiger partial charge in [-0.1, -0.05) is 54.1 Å². The molecule has 0 aliphatic carbocycles. The Balaban J connectivity index is 1.26. The Hall–Kier alpha value is -3.43. The van der Waals surface area contributed by atoms with Gasteiger partial charge in [0.25, 0.3) is 0 Å². The molecule has 4 aromatic rings. The summed E-state index contributed by atoms with van der Waals surface area (Å²) in [7, 11) is 0. The van der Waals surface area contributed by atoms with Crippen molar-refractivity contribution >= 4 is 17.3 Å². The maximum absolute atomic E-state index is 6.01. The zero-order valence-corrected chi connectivity index (χ0v) is 17.2. The molecule has 0 atom stereocenters. The Morgan fingerprint density at radius 2 is 1.33 bits per heavy atom. The number of anilines is 1. The van der Waals surface area contributed by atoms with E-state index in [1.54, 1.807) is 0 Å². The van der Waals surface area contributed by atoms with Crippen LogP contribution in [0.2, 0.25) is 5.02 Å². The number of ether oxygens (including phenoxy) is 2. The van der Waals surface area contributed by atoms with Gasteiger partial charge in [0.1, 0.15) is 23.9 Å². The average molecular weight is 416 g/mol. The normalized spacial score (nSPS) is 10.4. The molecule has 4 rings (SSSR count). The number of para-hydroxylation sites is 1. The van der Waals surface area contributed by atoms with E-state index in [-0.39, 0.29) is 0 Å². The third-order valence-electron chi connectivity index (χ3n) is 4.55. The van der Waals surface area contributed by atoms with Crippen molar-refractivity contribution in [3.05, 3.63) is 119 Å². The van der Waals surface area contributed by atoms with Crippen LogP contribution >= 0.6 is 11.6 Å². The first-order valence-electron chi connectivity index (χ1n) is 9.78. The molecule has 150 valence electrons. The molecule has 0 saturated carbocycles. The largest absolute Gasteiger partial charge is 0.489 e. The number of halogens is 1. The maximum atomic E-state index is 6.01. The molecule has 0 saturated heterocycles. The first-order valence-corrected chi connectivity index (χ1v) is 10.2. The van der Waals surface area contributed by atoms with Crippen LogP contribution in [0.1, 0.15) is 11.1 Å². The summed E-state index contributed by atoms with van der Waals surface area (Å²) >= 11 is 6.01. The summed E-state index contributed by atoms with van der Waals surface area (Å²) in [6.07, 6.45) is 0. The van der Waals surface area contributed by atoms with Crippen LogP contribution in [0.25, 0.3) is 0 Å². The highest BCUT2D eigenvalue weighted by atomic mass is 35.5. The van der Waals surface area contributed by atoms with E-state index in [1.807, 2.05) is 91.0 Å². The van der Waals surface area contributed by atoms with Gasteiger partial charge < -0.3 is 14.8 Å². The van der Waals surface area contributed by atoms with E-state index in [4.69, 9.17) is 21.1 Å². The fourth-order valence-corrected chi connectivity index (χ4v) is 3.18. The lowest BCUT2D eigenvalue weighted by Gasteiger charge is -2.10. The summed E-state index contributed by atoms with van der Waals surface area (Å²) in [6, 6.07) is 33.5. The standard InChI is InChI=1S/C26H22ClNO2/c27-22-6-4-5-21(17-22)19-29-24-13-9-20(10-14-24)18-28-23-11-15-26(16-12-23)30-25-7-2-1-3-8-25/h1-17,28H,18-19H2. The minimum absolute atomic E-state index is 0.496. The second-order valence-electron chi connectivity index (χ2n) is 6.86. The second kappa shape index (κ2) is 9.86. The van der Waals surface area contributed by atoms with Gasteiger partial charge >= 0.3 is 0 Å². The summed E-state index contributed by atoms with van der Waals surface area (Å²) in [5, 5.41) is 4.14. The summed E-state index contributed by atoms with van der Waals surface area (Å²) in [6.45, 7) is 1.23. The van der Waals surface area contributed by atoms with Crippen LogP contribution in [0.3, 0.4) is 0 Å². The van der Waals surface area contributed by atoms with Crippen LogP contribution in [-0.2, 0) is 13.2 Å². The van der Waals surface area contributed by atoms with Crippen molar-refractivity contribution in [1.29, 1.82) is 0 Å². The van der Waals surface area contributed by atoms with Gasteiger partial charge in [0.05, 0.1) is 0 Å². The lowest BCUT2D eigenvalue weighted by molar-refractivity contribution is 0.306. The fourth-order valence-electron chi connectivity index (χ4n) is 2.97. The lowest BCUT2D eigenvalue weighted by atomic mass is 10.2. The van der Waals surface area contributed by atoms with Gasteiger partial charge in [-0.15, -0.1) is 0 Å². The van der Waals surface area contributed by atoms with Crippen LogP contribution in [0, 0.1) is 0 Å². The molecule has 1 N–H and O–H groups in total. The molecule has 0 unspecified atom stereocenters. The maximum Gasteiger partial charge on any atom is 0.127 e.